The van der Waals surface area contributed by atoms with Crippen LogP contribution >= 0.6 is 11.8 Å². The number of benzene rings is 1. The molecule has 0 saturated heterocycles. The summed E-state index contributed by atoms with van der Waals surface area (Å²) in [5.41, 5.74) is 2.00. The van der Waals surface area contributed by atoms with E-state index in [1.54, 1.807) is 4.90 Å². The molecule has 1 amide bonds. The Labute approximate surface area is 153 Å². The number of carbonyl (C=O) groups is 1. The average Bonchev–Trinajstić information content (AvgIpc) is 2.70. The number of amides is 1. The second kappa shape index (κ2) is 11.4. The number of hydrogen-bond donors (Lipinski definition) is 0. The fourth-order valence-corrected chi connectivity index (χ4v) is 3.01. The summed E-state index contributed by atoms with van der Waals surface area (Å²) in [6.45, 7) is 17.4. The number of ether oxygens (including phenoxy) is 1. The lowest BCUT2D eigenvalue weighted by atomic mass is 10.1. The molecule has 0 saturated carbocycles. The van der Waals surface area contributed by atoms with Crippen LogP contribution in [0.5, 0.6) is 0 Å². The van der Waals surface area contributed by atoms with Gasteiger partial charge in [-0.15, -0.1) is 11.8 Å². The van der Waals surface area contributed by atoms with Gasteiger partial charge in [0.2, 0.25) is 0 Å². The number of aryl methyl sites for hydroxylation is 1. The van der Waals surface area contributed by atoms with Crippen LogP contribution in [0.3, 0.4) is 0 Å². The maximum atomic E-state index is 12.2. The summed E-state index contributed by atoms with van der Waals surface area (Å²) >= 11 is 1.81. The highest BCUT2D eigenvalue weighted by Gasteiger charge is 2.24. The van der Waals surface area contributed by atoms with Gasteiger partial charge < -0.3 is 9.64 Å². The van der Waals surface area contributed by atoms with Crippen molar-refractivity contribution in [2.24, 2.45) is 0 Å². The monoisotopic (exact) mass is 353 g/mol. The zero-order valence-electron chi connectivity index (χ0n) is 16.7. The lowest BCUT2D eigenvalue weighted by molar-refractivity contribution is 0.0247. The molecule has 0 N–H and O–H groups in total. The summed E-state index contributed by atoms with van der Waals surface area (Å²) in [4.78, 5) is 15.2. The van der Waals surface area contributed by atoms with Gasteiger partial charge in [0, 0.05) is 17.2 Å². The molecule has 2 rings (SSSR count). The minimum absolute atomic E-state index is 0.220. The van der Waals surface area contributed by atoms with Crippen molar-refractivity contribution in [3.05, 3.63) is 29.3 Å². The van der Waals surface area contributed by atoms with Gasteiger partial charge in [0.1, 0.15) is 5.60 Å². The molecule has 0 aromatic heterocycles. The lowest BCUT2D eigenvalue weighted by Gasteiger charge is -2.26. The Bertz CT molecular complexity index is 495. The molecule has 1 heterocycles. The summed E-state index contributed by atoms with van der Waals surface area (Å²) in [6.07, 6.45) is 1.03. The molecule has 1 aliphatic rings. The molecule has 1 aliphatic heterocycles. The Morgan fingerprint density at radius 1 is 1.25 bits per heavy atom. The van der Waals surface area contributed by atoms with E-state index in [1.807, 2.05) is 46.4 Å². The van der Waals surface area contributed by atoms with Gasteiger partial charge in [-0.1, -0.05) is 51.8 Å². The van der Waals surface area contributed by atoms with Crippen molar-refractivity contribution >= 4 is 17.9 Å². The first-order valence-corrected chi connectivity index (χ1v) is 9.95. The van der Waals surface area contributed by atoms with Crippen LogP contribution in [0.2, 0.25) is 0 Å². The molecule has 0 fully saturated rings. The van der Waals surface area contributed by atoms with E-state index < -0.39 is 5.60 Å². The Balaban J connectivity index is 0.000000952. The van der Waals surface area contributed by atoms with Crippen LogP contribution in [0.15, 0.2) is 23.1 Å². The maximum absolute atomic E-state index is 12.2. The molecule has 0 radical (unpaired) electrons. The van der Waals surface area contributed by atoms with Crippen molar-refractivity contribution < 1.29 is 9.53 Å². The Kier molecular flexibility index (Phi) is 10.9. The van der Waals surface area contributed by atoms with Crippen molar-refractivity contribution in [2.45, 2.75) is 78.9 Å². The zero-order valence-corrected chi connectivity index (χ0v) is 17.5. The van der Waals surface area contributed by atoms with Crippen LogP contribution in [0.1, 0.15) is 66.0 Å². The number of hydrogen-bond acceptors (Lipinski definition) is 3. The first kappa shape index (κ1) is 22.8. The van der Waals surface area contributed by atoms with Gasteiger partial charge in [-0.05, 0) is 39.3 Å². The SMILES string of the molecule is CC.CCC.Cc1ccc2c(c1)CN(C(=O)OC(C)(C)C)CCS2. The van der Waals surface area contributed by atoms with Crippen LogP contribution in [-0.2, 0) is 11.3 Å². The molecule has 0 bridgehead atoms. The predicted molar refractivity (Wildman–Crippen MR) is 106 cm³/mol. The fraction of sp³-hybridized carbons (Fsp3) is 0.650. The quantitative estimate of drug-likeness (QED) is 0.549. The van der Waals surface area contributed by atoms with E-state index >= 15 is 0 Å². The van der Waals surface area contributed by atoms with Gasteiger partial charge in [0.15, 0.2) is 0 Å². The van der Waals surface area contributed by atoms with Gasteiger partial charge in [-0.25, -0.2) is 4.79 Å². The topological polar surface area (TPSA) is 29.5 Å². The molecular formula is C20H35NO2S. The summed E-state index contributed by atoms with van der Waals surface area (Å²) < 4.78 is 5.46. The van der Waals surface area contributed by atoms with E-state index in [0.717, 1.165) is 12.3 Å². The van der Waals surface area contributed by atoms with Gasteiger partial charge in [0.05, 0.1) is 6.54 Å². The number of nitrogens with zero attached hydrogens (tertiary/aromatic N) is 1. The molecular weight excluding hydrogens is 318 g/mol. The summed E-state index contributed by atoms with van der Waals surface area (Å²) in [6, 6.07) is 6.42. The standard InChI is InChI=1S/C15H21NO2S.C3H8.C2H6/c1-11-5-6-13-12(9-11)10-16(7-8-19-13)14(17)18-15(2,3)4;1-3-2;1-2/h5-6,9H,7-8,10H2,1-4H3;3H2,1-2H3;1-2H3. The smallest absolute Gasteiger partial charge is 0.410 e. The highest BCUT2D eigenvalue weighted by atomic mass is 32.2. The molecule has 0 aliphatic carbocycles. The molecule has 0 spiro atoms. The largest absolute Gasteiger partial charge is 0.444 e. The summed E-state index contributed by atoms with van der Waals surface area (Å²) in [7, 11) is 0. The van der Waals surface area contributed by atoms with Gasteiger partial charge >= 0.3 is 6.09 Å². The lowest BCUT2D eigenvalue weighted by Crippen LogP contribution is -2.37. The van der Waals surface area contributed by atoms with Crippen LogP contribution < -0.4 is 0 Å². The zero-order chi connectivity index (χ0) is 18.8. The predicted octanol–water partition coefficient (Wildman–Crippen LogP) is 6.28. The van der Waals surface area contributed by atoms with E-state index in [0.29, 0.717) is 6.54 Å². The number of thioether (sulfide) groups is 1. The first-order chi connectivity index (χ1) is 11.3. The van der Waals surface area contributed by atoms with Gasteiger partial charge in [-0.2, -0.15) is 0 Å². The molecule has 0 atom stereocenters. The number of fused-ring (bicyclic) bond motifs is 1. The minimum Gasteiger partial charge on any atom is -0.444 e. The van der Waals surface area contributed by atoms with Gasteiger partial charge in [0.25, 0.3) is 0 Å². The molecule has 1 aromatic carbocycles. The first-order valence-electron chi connectivity index (χ1n) is 8.97. The van der Waals surface area contributed by atoms with Crippen LogP contribution in [-0.4, -0.2) is 28.9 Å². The van der Waals surface area contributed by atoms with E-state index in [2.05, 4.69) is 39.0 Å². The normalized spacial score (nSPS) is 13.4. The van der Waals surface area contributed by atoms with Crippen LogP contribution in [0, 0.1) is 6.92 Å². The molecule has 1 aromatic rings. The van der Waals surface area contributed by atoms with E-state index in [9.17, 15) is 4.79 Å². The average molecular weight is 354 g/mol. The van der Waals surface area contributed by atoms with E-state index in [1.165, 1.54) is 22.4 Å². The Morgan fingerprint density at radius 3 is 2.38 bits per heavy atom. The Morgan fingerprint density at radius 2 is 1.83 bits per heavy atom. The maximum Gasteiger partial charge on any atom is 0.410 e. The molecule has 3 nitrogen and oxygen atoms in total. The molecule has 0 unspecified atom stereocenters. The summed E-state index contributed by atoms with van der Waals surface area (Å²) in [5.74, 6) is 0.912. The number of carbonyl (C=O) groups excluding carboxylic acids is 1. The van der Waals surface area contributed by atoms with E-state index in [4.69, 9.17) is 4.74 Å². The minimum atomic E-state index is -0.439. The second-order valence-corrected chi connectivity index (χ2v) is 7.71. The second-order valence-electron chi connectivity index (χ2n) is 6.57. The third kappa shape index (κ3) is 8.62. The van der Waals surface area contributed by atoms with Crippen molar-refractivity contribution in [1.29, 1.82) is 0 Å². The molecule has 24 heavy (non-hydrogen) atoms. The highest BCUT2D eigenvalue weighted by Crippen LogP contribution is 2.28. The Hall–Kier alpha value is -1.16. The third-order valence-electron chi connectivity index (χ3n) is 2.85. The third-order valence-corrected chi connectivity index (χ3v) is 3.94. The van der Waals surface area contributed by atoms with E-state index in [-0.39, 0.29) is 6.09 Å². The molecule has 138 valence electrons. The van der Waals surface area contributed by atoms with Crippen LogP contribution in [0.25, 0.3) is 0 Å². The fourth-order valence-electron chi connectivity index (χ4n) is 2.01. The van der Waals surface area contributed by atoms with Gasteiger partial charge in [-0.3, -0.25) is 0 Å². The van der Waals surface area contributed by atoms with Crippen molar-refractivity contribution in [3.8, 4) is 0 Å². The number of rotatable bonds is 0. The van der Waals surface area contributed by atoms with Crippen LogP contribution in [0.4, 0.5) is 4.79 Å². The summed E-state index contributed by atoms with van der Waals surface area (Å²) in [5, 5.41) is 0. The van der Waals surface area contributed by atoms with Crippen molar-refractivity contribution in [2.75, 3.05) is 12.3 Å². The molecule has 4 heteroatoms. The van der Waals surface area contributed by atoms with Crippen molar-refractivity contribution in [1.82, 2.24) is 4.90 Å². The van der Waals surface area contributed by atoms with Crippen molar-refractivity contribution in [3.63, 3.8) is 0 Å². The highest BCUT2D eigenvalue weighted by molar-refractivity contribution is 7.99.